The summed E-state index contributed by atoms with van der Waals surface area (Å²) in [6.07, 6.45) is 7.36. The van der Waals surface area contributed by atoms with Crippen molar-refractivity contribution in [1.29, 1.82) is 0 Å². The zero-order valence-electron chi connectivity index (χ0n) is 19.4. The van der Waals surface area contributed by atoms with Crippen molar-refractivity contribution < 1.29 is 18.8 Å². The number of hydrogen-bond donors (Lipinski definition) is 1. The number of hydrogen-bond acceptors (Lipinski definition) is 5. The van der Waals surface area contributed by atoms with E-state index in [9.17, 15) is 14.4 Å². The van der Waals surface area contributed by atoms with Crippen LogP contribution in [0.25, 0.3) is 33.0 Å². The van der Waals surface area contributed by atoms with E-state index in [2.05, 4.69) is 20.9 Å². The number of para-hydroxylation sites is 1. The van der Waals surface area contributed by atoms with E-state index in [-0.39, 0.29) is 11.6 Å². The lowest BCUT2D eigenvalue weighted by Gasteiger charge is -2.28. The fraction of sp³-hybridized carbons (Fsp3) is 0.231. The molecule has 176 valence electrons. The Morgan fingerprint density at radius 2 is 1.83 bits per heavy atom. The minimum absolute atomic E-state index is 0.0298. The maximum Gasteiger partial charge on any atom is 0.319 e. The van der Waals surface area contributed by atoms with E-state index in [0.717, 1.165) is 21.9 Å². The van der Waals surface area contributed by atoms with Gasteiger partial charge in [0.25, 0.3) is 11.8 Å². The Bertz CT molecular complexity index is 1580. The molecule has 0 saturated heterocycles. The fourth-order valence-corrected chi connectivity index (χ4v) is 5.12. The highest BCUT2D eigenvalue weighted by atomic mass is 16.3. The molecule has 0 bridgehead atoms. The minimum atomic E-state index is -0.472. The molecule has 0 saturated carbocycles. The lowest BCUT2D eigenvalue weighted by atomic mass is 9.95. The molecule has 9 nitrogen and oxygen atoms in total. The number of furan rings is 1. The number of fused-ring (bicyclic) bond motifs is 1. The first-order chi connectivity index (χ1) is 16.9. The summed E-state index contributed by atoms with van der Waals surface area (Å²) >= 11 is 0. The zero-order chi connectivity index (χ0) is 24.3. The summed E-state index contributed by atoms with van der Waals surface area (Å²) in [4.78, 5) is 46.4. The number of rotatable bonds is 2. The molecule has 1 N–H and O–H groups in total. The lowest BCUT2D eigenvalue weighted by Crippen LogP contribution is -2.42. The summed E-state index contributed by atoms with van der Waals surface area (Å²) in [6.45, 7) is 1.72. The van der Waals surface area contributed by atoms with Crippen LogP contribution < -0.4 is 5.32 Å². The number of pyridine rings is 1. The standard InChI is InChI=1S/C26H23N5O4/c1-29(2)26(34)30-8-6-15-4-3-5-17-19(14-31(10-9-30)22(15)17)21-20(24(32)28-25(21)33)18-13-27-12-16-7-11-35-23(16)18/h3-5,7,11-14H,6,8-10H2,1-2H3,(H,28,32,33). The lowest BCUT2D eigenvalue weighted by molar-refractivity contribution is -0.122. The van der Waals surface area contributed by atoms with Gasteiger partial charge in [0, 0.05) is 74.2 Å². The van der Waals surface area contributed by atoms with Gasteiger partial charge >= 0.3 is 6.03 Å². The van der Waals surface area contributed by atoms with Crippen LogP contribution in [-0.2, 0) is 22.6 Å². The van der Waals surface area contributed by atoms with Crippen molar-refractivity contribution in [2.24, 2.45) is 0 Å². The number of carbonyl (C=O) groups is 3. The summed E-state index contributed by atoms with van der Waals surface area (Å²) in [5.74, 6) is -0.919. The molecule has 4 aromatic rings. The third-order valence-corrected chi connectivity index (χ3v) is 6.72. The van der Waals surface area contributed by atoms with Crippen molar-refractivity contribution in [3.63, 3.8) is 0 Å². The molecule has 2 aliphatic rings. The third kappa shape index (κ3) is 3.23. The molecule has 9 heteroatoms. The molecule has 5 heterocycles. The van der Waals surface area contributed by atoms with Crippen molar-refractivity contribution in [3.05, 3.63) is 65.8 Å². The van der Waals surface area contributed by atoms with Gasteiger partial charge in [0.05, 0.1) is 22.9 Å². The number of amides is 4. The van der Waals surface area contributed by atoms with Gasteiger partial charge in [0.15, 0.2) is 0 Å². The molecule has 0 aliphatic carbocycles. The molecule has 3 aromatic heterocycles. The van der Waals surface area contributed by atoms with Crippen LogP contribution in [0.15, 0.2) is 53.5 Å². The van der Waals surface area contributed by atoms with Crippen LogP contribution in [0.2, 0.25) is 0 Å². The predicted octanol–water partition coefficient (Wildman–Crippen LogP) is 2.89. The number of benzene rings is 1. The quantitative estimate of drug-likeness (QED) is 0.455. The first-order valence-corrected chi connectivity index (χ1v) is 11.4. The van der Waals surface area contributed by atoms with Crippen molar-refractivity contribution in [2.45, 2.75) is 13.0 Å². The highest BCUT2D eigenvalue weighted by Gasteiger charge is 2.36. The van der Waals surface area contributed by atoms with E-state index < -0.39 is 11.8 Å². The van der Waals surface area contributed by atoms with Gasteiger partial charge in [-0.25, -0.2) is 4.79 Å². The molecule has 0 unspecified atom stereocenters. The van der Waals surface area contributed by atoms with E-state index in [0.29, 0.717) is 48.3 Å². The average molecular weight is 470 g/mol. The minimum Gasteiger partial charge on any atom is -0.464 e. The Morgan fingerprint density at radius 3 is 2.63 bits per heavy atom. The average Bonchev–Trinajstić information content (AvgIpc) is 3.52. The van der Waals surface area contributed by atoms with E-state index >= 15 is 0 Å². The normalized spacial score (nSPS) is 16.1. The molecule has 2 aliphatic heterocycles. The Kier molecular flexibility index (Phi) is 4.73. The van der Waals surface area contributed by atoms with Gasteiger partial charge in [-0.3, -0.25) is 19.9 Å². The van der Waals surface area contributed by atoms with Gasteiger partial charge in [-0.2, -0.15) is 0 Å². The van der Waals surface area contributed by atoms with Crippen molar-refractivity contribution in [1.82, 2.24) is 24.7 Å². The number of nitrogens with one attached hydrogen (secondary N) is 1. The predicted molar refractivity (Wildman–Crippen MR) is 130 cm³/mol. The van der Waals surface area contributed by atoms with Crippen molar-refractivity contribution >= 4 is 50.9 Å². The maximum absolute atomic E-state index is 13.1. The second kappa shape index (κ2) is 7.83. The topological polar surface area (TPSA) is 101 Å². The van der Waals surface area contributed by atoms with Gasteiger partial charge < -0.3 is 18.8 Å². The number of aromatic nitrogens is 2. The molecular formula is C26H23N5O4. The summed E-state index contributed by atoms with van der Waals surface area (Å²) in [6, 6.07) is 7.72. The van der Waals surface area contributed by atoms with Crippen LogP contribution in [0.1, 0.15) is 16.7 Å². The summed E-state index contributed by atoms with van der Waals surface area (Å²) < 4.78 is 7.73. The molecule has 4 amide bonds. The SMILES string of the molecule is CN(C)C(=O)N1CCc2cccc3c(C4=C(c5cncc6ccoc56)C(=O)NC4=O)cn(c23)CC1. The smallest absolute Gasteiger partial charge is 0.319 e. The number of imide groups is 1. The van der Waals surface area contributed by atoms with Gasteiger partial charge in [0.1, 0.15) is 5.58 Å². The summed E-state index contributed by atoms with van der Waals surface area (Å²) in [7, 11) is 3.50. The maximum atomic E-state index is 13.1. The van der Waals surface area contributed by atoms with Crippen LogP contribution in [0.5, 0.6) is 0 Å². The van der Waals surface area contributed by atoms with Crippen LogP contribution in [0.4, 0.5) is 4.79 Å². The summed E-state index contributed by atoms with van der Waals surface area (Å²) in [5.41, 5.74) is 4.34. The highest BCUT2D eigenvalue weighted by molar-refractivity contribution is 6.50. The van der Waals surface area contributed by atoms with E-state index in [1.807, 2.05) is 23.2 Å². The van der Waals surface area contributed by atoms with Gasteiger partial charge in [-0.15, -0.1) is 0 Å². The Balaban J connectivity index is 1.55. The summed E-state index contributed by atoms with van der Waals surface area (Å²) in [5, 5.41) is 4.11. The molecule has 35 heavy (non-hydrogen) atoms. The van der Waals surface area contributed by atoms with Crippen LogP contribution in [0, 0.1) is 0 Å². The van der Waals surface area contributed by atoms with Gasteiger partial charge in [-0.05, 0) is 18.1 Å². The monoisotopic (exact) mass is 469 g/mol. The zero-order valence-corrected chi connectivity index (χ0v) is 19.4. The number of urea groups is 1. The largest absolute Gasteiger partial charge is 0.464 e. The second-order valence-corrected chi connectivity index (χ2v) is 9.02. The first kappa shape index (κ1) is 21.2. The highest BCUT2D eigenvalue weighted by Crippen LogP contribution is 2.39. The van der Waals surface area contributed by atoms with Gasteiger partial charge in [-0.1, -0.05) is 18.2 Å². The van der Waals surface area contributed by atoms with Crippen molar-refractivity contribution in [3.8, 4) is 0 Å². The first-order valence-electron chi connectivity index (χ1n) is 11.4. The Morgan fingerprint density at radius 1 is 1.03 bits per heavy atom. The fourth-order valence-electron chi connectivity index (χ4n) is 5.12. The van der Waals surface area contributed by atoms with Gasteiger partial charge in [0.2, 0.25) is 0 Å². The Hall–Kier alpha value is -4.40. The molecule has 6 rings (SSSR count). The third-order valence-electron chi connectivity index (χ3n) is 6.72. The molecule has 0 spiro atoms. The molecule has 0 radical (unpaired) electrons. The number of carbonyl (C=O) groups excluding carboxylic acids is 3. The number of nitrogens with zero attached hydrogens (tertiary/aromatic N) is 4. The second-order valence-electron chi connectivity index (χ2n) is 9.02. The molecule has 0 atom stereocenters. The molecular weight excluding hydrogens is 446 g/mol. The van der Waals surface area contributed by atoms with E-state index in [1.54, 1.807) is 43.7 Å². The van der Waals surface area contributed by atoms with Crippen LogP contribution >= 0.6 is 0 Å². The van der Waals surface area contributed by atoms with Crippen LogP contribution in [0.3, 0.4) is 0 Å². The Labute approximate surface area is 200 Å². The van der Waals surface area contributed by atoms with Crippen molar-refractivity contribution in [2.75, 3.05) is 27.2 Å². The van der Waals surface area contributed by atoms with E-state index in [4.69, 9.17) is 4.42 Å². The van der Waals surface area contributed by atoms with Crippen LogP contribution in [-0.4, -0.2) is 64.4 Å². The molecule has 1 aromatic carbocycles. The van der Waals surface area contributed by atoms with E-state index in [1.165, 1.54) is 0 Å². The molecule has 0 fully saturated rings.